The average molecular weight is 748 g/mol. The van der Waals surface area contributed by atoms with Crippen LogP contribution in [0.25, 0.3) is 49.9 Å². The van der Waals surface area contributed by atoms with Gasteiger partial charge in [0.15, 0.2) is 0 Å². The number of aromatic nitrogens is 2. The zero-order valence-electron chi connectivity index (χ0n) is 32.0. The lowest BCUT2D eigenvalue weighted by Gasteiger charge is -2.41. The minimum Gasteiger partial charge on any atom is -0.457 e. The lowest BCUT2D eigenvalue weighted by atomic mass is 9.50. The quantitative estimate of drug-likeness (QED) is 0.152. The Morgan fingerprint density at radius 3 is 1.91 bits per heavy atom. The SMILES string of the molecule is CN1B(c2ccccc2)C2=CN(c3c(-c4ccccc4)cccc3-c3ccccc3)CN2c2cc(Oc3ccc4c5ccccc5n(-c5ccccn5)c4c3)ccc21. The standard InChI is InChI=1S/C51H38BN5O/c1-54-46-30-28-40(58-39-27-29-44-43-22-11-12-25-45(43)57(47(44)32-39)50-26-13-14-31-53-50)33-48(46)56-35-55(34-49(56)52(54)38-20-9-4-10-21-38)51-41(36-16-5-2-6-17-36)23-15-24-42(51)37-18-7-3-8-19-37/h2-34H,35H2,1H3. The van der Waals surface area contributed by atoms with E-state index in [1.54, 1.807) is 0 Å². The summed E-state index contributed by atoms with van der Waals surface area (Å²) in [6.07, 6.45) is 4.21. The second-order valence-electron chi connectivity index (χ2n) is 14.9. The van der Waals surface area contributed by atoms with E-state index in [0.29, 0.717) is 6.67 Å². The first-order chi connectivity index (χ1) is 28.7. The Bertz CT molecular complexity index is 2930. The molecule has 276 valence electrons. The van der Waals surface area contributed by atoms with Crippen LogP contribution in [0.4, 0.5) is 17.1 Å². The van der Waals surface area contributed by atoms with Crippen LogP contribution in [-0.2, 0) is 0 Å². The van der Waals surface area contributed by atoms with Gasteiger partial charge in [0.2, 0.25) is 0 Å². The lowest BCUT2D eigenvalue weighted by molar-refractivity contribution is 0.483. The molecule has 9 aromatic rings. The van der Waals surface area contributed by atoms with Gasteiger partial charge in [-0.1, -0.05) is 133 Å². The maximum Gasteiger partial charge on any atom is 0.342 e. The summed E-state index contributed by atoms with van der Waals surface area (Å²) in [5.74, 6) is 2.41. The Morgan fingerprint density at radius 2 is 1.19 bits per heavy atom. The Kier molecular flexibility index (Phi) is 8.10. The maximum atomic E-state index is 6.79. The maximum absolute atomic E-state index is 6.79. The molecule has 7 heteroatoms. The summed E-state index contributed by atoms with van der Waals surface area (Å²) in [5.41, 5.74) is 12.8. The Morgan fingerprint density at radius 1 is 0.552 bits per heavy atom. The molecular weight excluding hydrogens is 709 g/mol. The molecule has 0 spiro atoms. The van der Waals surface area contributed by atoms with Crippen molar-refractivity contribution in [2.75, 3.05) is 28.3 Å². The molecule has 0 fully saturated rings. The highest BCUT2D eigenvalue weighted by molar-refractivity contribution is 6.84. The molecule has 4 heterocycles. The lowest BCUT2D eigenvalue weighted by Crippen LogP contribution is -2.55. The molecule has 11 rings (SSSR count). The van der Waals surface area contributed by atoms with Gasteiger partial charge < -0.3 is 19.3 Å². The van der Waals surface area contributed by atoms with Crippen molar-refractivity contribution in [3.8, 4) is 39.6 Å². The number of para-hydroxylation sites is 2. The molecule has 7 aromatic carbocycles. The molecule has 0 saturated heterocycles. The largest absolute Gasteiger partial charge is 0.457 e. The number of hydrogen-bond acceptors (Lipinski definition) is 5. The van der Waals surface area contributed by atoms with E-state index in [-0.39, 0.29) is 6.85 Å². The van der Waals surface area contributed by atoms with Crippen LogP contribution in [-0.4, -0.2) is 30.1 Å². The zero-order valence-corrected chi connectivity index (χ0v) is 32.0. The summed E-state index contributed by atoms with van der Waals surface area (Å²) in [7, 11) is 2.20. The molecule has 2 aromatic heterocycles. The minimum atomic E-state index is 0.00505. The molecule has 58 heavy (non-hydrogen) atoms. The van der Waals surface area contributed by atoms with Crippen molar-refractivity contribution in [3.63, 3.8) is 0 Å². The number of ether oxygens (including phenoxy) is 1. The topological polar surface area (TPSA) is 36.8 Å². The number of hydrogen-bond donors (Lipinski definition) is 0. The van der Waals surface area contributed by atoms with Gasteiger partial charge in [-0.15, -0.1) is 0 Å². The van der Waals surface area contributed by atoms with Crippen molar-refractivity contribution < 1.29 is 4.74 Å². The van der Waals surface area contributed by atoms with Gasteiger partial charge in [-0.2, -0.15) is 0 Å². The fourth-order valence-corrected chi connectivity index (χ4v) is 8.96. The third kappa shape index (κ3) is 5.62. The summed E-state index contributed by atoms with van der Waals surface area (Å²) in [4.78, 5) is 12.0. The van der Waals surface area contributed by atoms with Crippen LogP contribution in [0.5, 0.6) is 11.5 Å². The van der Waals surface area contributed by atoms with Crippen LogP contribution in [0.1, 0.15) is 0 Å². The van der Waals surface area contributed by atoms with Gasteiger partial charge in [0.25, 0.3) is 0 Å². The molecule has 0 bridgehead atoms. The van der Waals surface area contributed by atoms with E-state index in [1.165, 1.54) is 44.4 Å². The number of anilines is 3. The van der Waals surface area contributed by atoms with Crippen LogP contribution in [0.3, 0.4) is 0 Å². The first-order valence-electron chi connectivity index (χ1n) is 19.7. The van der Waals surface area contributed by atoms with E-state index < -0.39 is 0 Å². The van der Waals surface area contributed by atoms with Crippen molar-refractivity contribution in [1.82, 2.24) is 9.55 Å². The number of benzene rings is 7. The molecule has 0 radical (unpaired) electrons. The van der Waals surface area contributed by atoms with Gasteiger partial charge in [-0.25, -0.2) is 4.98 Å². The number of nitrogens with zero attached hydrogens (tertiary/aromatic N) is 5. The molecule has 2 aliphatic heterocycles. The fraction of sp³-hybridized carbons (Fsp3) is 0.0392. The predicted molar refractivity (Wildman–Crippen MR) is 241 cm³/mol. The van der Waals surface area contributed by atoms with Gasteiger partial charge in [-0.05, 0) is 66.1 Å². The molecule has 0 aliphatic carbocycles. The van der Waals surface area contributed by atoms with Crippen LogP contribution >= 0.6 is 0 Å². The van der Waals surface area contributed by atoms with E-state index in [4.69, 9.17) is 9.72 Å². The van der Waals surface area contributed by atoms with E-state index >= 15 is 0 Å². The monoisotopic (exact) mass is 747 g/mol. The van der Waals surface area contributed by atoms with E-state index in [9.17, 15) is 0 Å². The Hall–Kier alpha value is -7.51. The summed E-state index contributed by atoms with van der Waals surface area (Å²) in [5, 5.41) is 2.34. The first kappa shape index (κ1) is 33.8. The highest BCUT2D eigenvalue weighted by atomic mass is 16.5. The number of pyridine rings is 1. The summed E-state index contributed by atoms with van der Waals surface area (Å²) >= 11 is 0. The van der Waals surface area contributed by atoms with Crippen molar-refractivity contribution in [2.45, 2.75) is 0 Å². The Labute approximate surface area is 338 Å². The van der Waals surface area contributed by atoms with E-state index in [2.05, 4.69) is 202 Å². The highest BCUT2D eigenvalue weighted by Crippen LogP contribution is 2.47. The highest BCUT2D eigenvalue weighted by Gasteiger charge is 2.42. The van der Waals surface area contributed by atoms with Crippen molar-refractivity contribution >= 4 is 51.2 Å². The molecule has 6 nitrogen and oxygen atoms in total. The fourth-order valence-electron chi connectivity index (χ4n) is 8.96. The molecule has 0 saturated carbocycles. The summed E-state index contributed by atoms with van der Waals surface area (Å²) in [6.45, 7) is 0.647. The number of rotatable bonds is 7. The van der Waals surface area contributed by atoms with Crippen molar-refractivity contribution in [2.24, 2.45) is 0 Å². The zero-order chi connectivity index (χ0) is 38.6. The van der Waals surface area contributed by atoms with Crippen molar-refractivity contribution in [1.29, 1.82) is 0 Å². The number of fused-ring (bicyclic) bond motifs is 6. The second kappa shape index (κ2) is 13.9. The van der Waals surface area contributed by atoms with Crippen LogP contribution in [0.2, 0.25) is 0 Å². The minimum absolute atomic E-state index is 0.00505. The van der Waals surface area contributed by atoms with Gasteiger partial charge in [-0.3, -0.25) is 4.57 Å². The van der Waals surface area contributed by atoms with Gasteiger partial charge >= 0.3 is 6.85 Å². The summed E-state index contributed by atoms with van der Waals surface area (Å²) < 4.78 is 9.01. The molecule has 0 atom stereocenters. The van der Waals surface area contributed by atoms with Crippen molar-refractivity contribution in [3.05, 3.63) is 206 Å². The van der Waals surface area contributed by atoms with Gasteiger partial charge in [0, 0.05) is 57.7 Å². The molecule has 0 unspecified atom stereocenters. The third-order valence-electron chi connectivity index (χ3n) is 11.5. The van der Waals surface area contributed by atoms with Gasteiger partial charge in [0.1, 0.15) is 17.3 Å². The Balaban J connectivity index is 1.03. The van der Waals surface area contributed by atoms with Crippen LogP contribution in [0.15, 0.2) is 206 Å². The summed E-state index contributed by atoms with van der Waals surface area (Å²) in [6, 6.07) is 66.4. The average Bonchev–Trinajstić information content (AvgIpc) is 3.87. The van der Waals surface area contributed by atoms with Crippen LogP contribution < -0.4 is 24.8 Å². The van der Waals surface area contributed by atoms with E-state index in [0.717, 1.165) is 45.1 Å². The molecule has 0 amide bonds. The molecule has 0 N–H and O–H groups in total. The molecular formula is C51H38BN5O. The van der Waals surface area contributed by atoms with E-state index in [1.807, 2.05) is 24.4 Å². The molecule has 2 aliphatic rings. The smallest absolute Gasteiger partial charge is 0.342 e. The predicted octanol–water partition coefficient (Wildman–Crippen LogP) is 11.3. The first-order valence-corrected chi connectivity index (χ1v) is 19.7. The van der Waals surface area contributed by atoms with Crippen LogP contribution in [0, 0.1) is 0 Å². The van der Waals surface area contributed by atoms with Gasteiger partial charge in [0.05, 0.1) is 29.1 Å². The normalized spacial score (nSPS) is 13.5. The second-order valence-corrected chi connectivity index (χ2v) is 14.9. The third-order valence-corrected chi connectivity index (χ3v) is 11.5.